The third kappa shape index (κ3) is 1.92. The number of aliphatic hydroxyl groups is 4. The van der Waals surface area contributed by atoms with Gasteiger partial charge in [0.05, 0.1) is 37.1 Å². The Labute approximate surface area is 189 Å². The number of likely N-dealkylation sites (N-methyl/N-ethyl adjacent to an activating group) is 1. The number of hydrogen-bond donors (Lipinski definition) is 4. The fourth-order valence-electron chi connectivity index (χ4n) is 10.8. The molecule has 0 unspecified atom stereocenters. The minimum atomic E-state index is -1.45. The Kier molecular flexibility index (Phi) is 4.62. The molecule has 0 radical (unpaired) electrons. The van der Waals surface area contributed by atoms with E-state index in [1.165, 1.54) is 0 Å². The first kappa shape index (κ1) is 22.2. The van der Waals surface area contributed by atoms with Crippen molar-refractivity contribution in [3.8, 4) is 0 Å². The smallest absolute Gasteiger partial charge is 0.136 e. The van der Waals surface area contributed by atoms with E-state index in [9.17, 15) is 20.4 Å². The van der Waals surface area contributed by atoms with E-state index in [2.05, 4.69) is 11.8 Å². The minimum absolute atomic E-state index is 0.00462. The lowest BCUT2D eigenvalue weighted by Gasteiger charge is -2.70. The van der Waals surface area contributed by atoms with E-state index in [0.717, 1.165) is 6.42 Å². The normalized spacial score (nSPS) is 62.4. The van der Waals surface area contributed by atoms with E-state index in [-0.39, 0.29) is 42.4 Å². The number of fused-ring (bicyclic) bond motifs is 2. The molecule has 5 saturated carbocycles. The number of rotatable bonds is 5. The highest BCUT2D eigenvalue weighted by atomic mass is 16.5. The summed E-state index contributed by atoms with van der Waals surface area (Å²) in [5, 5.41) is 47.2. The molecule has 6 aliphatic rings. The van der Waals surface area contributed by atoms with Gasteiger partial charge in [0.25, 0.3) is 0 Å². The van der Waals surface area contributed by atoms with Gasteiger partial charge in [0.15, 0.2) is 0 Å². The fourth-order valence-corrected chi connectivity index (χ4v) is 10.8. The first-order valence-corrected chi connectivity index (χ1v) is 12.3. The number of aliphatic hydroxyl groups excluding tert-OH is 3. The van der Waals surface area contributed by atoms with E-state index in [4.69, 9.17) is 14.2 Å². The van der Waals surface area contributed by atoms with Crippen molar-refractivity contribution < 1.29 is 34.6 Å². The molecular formula is C24H39NO7. The Morgan fingerprint density at radius 3 is 2.47 bits per heavy atom. The molecule has 0 aromatic heterocycles. The third-order valence-electron chi connectivity index (χ3n) is 11.5. The zero-order valence-corrected chi connectivity index (χ0v) is 19.6. The molecule has 1 saturated heterocycles. The molecule has 1 aliphatic heterocycles. The van der Waals surface area contributed by atoms with E-state index in [1.807, 2.05) is 0 Å². The second-order valence-corrected chi connectivity index (χ2v) is 11.6. The molecule has 6 rings (SSSR count). The molecule has 0 amide bonds. The summed E-state index contributed by atoms with van der Waals surface area (Å²) in [6, 6.07) is -0.368. The van der Waals surface area contributed by atoms with Gasteiger partial charge in [-0.15, -0.1) is 0 Å². The van der Waals surface area contributed by atoms with Crippen molar-refractivity contribution in [1.82, 2.24) is 4.90 Å². The predicted octanol–water partition coefficient (Wildman–Crippen LogP) is -0.383. The fraction of sp³-hybridized carbons (Fsp3) is 1.00. The minimum Gasteiger partial charge on any atom is -0.396 e. The van der Waals surface area contributed by atoms with Gasteiger partial charge in [-0.3, -0.25) is 4.90 Å². The van der Waals surface area contributed by atoms with Crippen LogP contribution in [0.3, 0.4) is 0 Å². The molecule has 1 spiro atoms. The Bertz CT molecular complexity index is 798. The second-order valence-electron chi connectivity index (χ2n) is 11.6. The molecule has 1 heterocycles. The van der Waals surface area contributed by atoms with Crippen molar-refractivity contribution in [2.24, 2.45) is 34.5 Å². The lowest BCUT2D eigenvalue weighted by atomic mass is 9.42. The summed E-state index contributed by atoms with van der Waals surface area (Å²) in [6.45, 7) is 3.45. The Morgan fingerprint density at radius 2 is 1.88 bits per heavy atom. The Hall–Kier alpha value is -0.320. The van der Waals surface area contributed by atoms with Crippen molar-refractivity contribution in [2.45, 2.75) is 74.3 Å². The lowest BCUT2D eigenvalue weighted by molar-refractivity contribution is -0.323. The van der Waals surface area contributed by atoms with Crippen molar-refractivity contribution in [3.05, 3.63) is 0 Å². The molecular weight excluding hydrogens is 414 g/mol. The van der Waals surface area contributed by atoms with Crippen molar-refractivity contribution in [1.29, 1.82) is 0 Å². The molecule has 0 aromatic carbocycles. The number of hydrogen-bond acceptors (Lipinski definition) is 8. The van der Waals surface area contributed by atoms with Crippen LogP contribution in [0.25, 0.3) is 0 Å². The summed E-state index contributed by atoms with van der Waals surface area (Å²) in [5.74, 6) is -0.617. The van der Waals surface area contributed by atoms with Crippen LogP contribution in [0.5, 0.6) is 0 Å². The summed E-state index contributed by atoms with van der Waals surface area (Å²) in [6.07, 6.45) is 0.343. The number of likely N-dealkylation sites (tertiary alicyclic amines) is 1. The zero-order chi connectivity index (χ0) is 22.8. The van der Waals surface area contributed by atoms with Gasteiger partial charge >= 0.3 is 0 Å². The maximum absolute atomic E-state index is 13.0. The number of ether oxygens (including phenoxy) is 3. The molecule has 4 N–H and O–H groups in total. The van der Waals surface area contributed by atoms with Crippen molar-refractivity contribution in [3.63, 3.8) is 0 Å². The van der Waals surface area contributed by atoms with Crippen LogP contribution in [0.1, 0.15) is 32.6 Å². The van der Waals surface area contributed by atoms with Crippen LogP contribution in [0, 0.1) is 34.5 Å². The molecule has 13 atom stereocenters. The maximum Gasteiger partial charge on any atom is 0.136 e. The van der Waals surface area contributed by atoms with Crippen LogP contribution in [-0.4, -0.2) is 108 Å². The molecule has 32 heavy (non-hydrogen) atoms. The van der Waals surface area contributed by atoms with Crippen molar-refractivity contribution in [2.75, 3.05) is 41.0 Å². The molecule has 8 heteroatoms. The van der Waals surface area contributed by atoms with E-state index in [1.54, 1.807) is 21.3 Å². The van der Waals surface area contributed by atoms with Crippen LogP contribution >= 0.6 is 0 Å². The van der Waals surface area contributed by atoms with Crippen LogP contribution in [0.15, 0.2) is 0 Å². The van der Waals surface area contributed by atoms with E-state index < -0.39 is 40.3 Å². The quantitative estimate of drug-likeness (QED) is 0.446. The lowest BCUT2D eigenvalue weighted by Crippen LogP contribution is -2.82. The monoisotopic (exact) mass is 453 g/mol. The molecule has 0 aromatic rings. The van der Waals surface area contributed by atoms with Crippen LogP contribution < -0.4 is 0 Å². The van der Waals surface area contributed by atoms with Gasteiger partial charge in [0.2, 0.25) is 0 Å². The van der Waals surface area contributed by atoms with Gasteiger partial charge in [-0.25, -0.2) is 0 Å². The predicted molar refractivity (Wildman–Crippen MR) is 114 cm³/mol. The third-order valence-corrected chi connectivity index (χ3v) is 11.5. The SMILES string of the molecule is CCN1C[C@@]2(CO)CC[C@H](O)[C@@]34[C@@H]1[C@@](O)([C@H](OC)[C@@H]23)[C@]1(OC)C[C@H](OC)[C@@H]2C[C@H]4[C@H]1[C@H]2O. The topological polar surface area (TPSA) is 112 Å². The average Bonchev–Trinajstić information content (AvgIpc) is 3.15. The summed E-state index contributed by atoms with van der Waals surface area (Å²) < 4.78 is 18.4. The molecule has 8 nitrogen and oxygen atoms in total. The average molecular weight is 454 g/mol. The highest BCUT2D eigenvalue weighted by molar-refractivity contribution is 5.41. The van der Waals surface area contributed by atoms with Crippen LogP contribution in [0.2, 0.25) is 0 Å². The summed E-state index contributed by atoms with van der Waals surface area (Å²) in [5.41, 5.74) is -3.64. The highest BCUT2D eigenvalue weighted by Crippen LogP contribution is 2.80. The van der Waals surface area contributed by atoms with Crippen molar-refractivity contribution >= 4 is 0 Å². The molecule has 5 aliphatic carbocycles. The van der Waals surface area contributed by atoms with Gasteiger partial charge in [-0.05, 0) is 31.7 Å². The number of piperidine rings is 1. The highest BCUT2D eigenvalue weighted by Gasteiger charge is 2.91. The largest absolute Gasteiger partial charge is 0.396 e. The van der Waals surface area contributed by atoms with Crippen LogP contribution in [-0.2, 0) is 14.2 Å². The van der Waals surface area contributed by atoms with Gasteiger partial charge in [0, 0.05) is 62.9 Å². The second kappa shape index (κ2) is 6.66. The van der Waals surface area contributed by atoms with E-state index >= 15 is 0 Å². The van der Waals surface area contributed by atoms with Gasteiger partial charge in [0.1, 0.15) is 11.2 Å². The van der Waals surface area contributed by atoms with Gasteiger partial charge in [-0.2, -0.15) is 0 Å². The number of methoxy groups -OCH3 is 3. The Balaban J connectivity index is 1.70. The first-order chi connectivity index (χ1) is 15.3. The molecule has 182 valence electrons. The standard InChI is InChI=1S/C24H39NO7/c1-5-25-10-21(11-26)7-6-15(27)23-13-8-12-14(30-2)9-22(32-4,16(13)17(12)28)24(29,20(23)25)19(31-3)18(21)23/h12-20,26-29H,5-11H2,1-4H3/t12-,13-,14-,15-,16-,17-,18-,19+,20+,21+,22-,23+,24-/m0/s1. The van der Waals surface area contributed by atoms with Gasteiger partial charge in [-0.1, -0.05) is 6.92 Å². The summed E-state index contributed by atoms with van der Waals surface area (Å²) >= 11 is 0. The molecule has 6 fully saturated rings. The van der Waals surface area contributed by atoms with E-state index in [0.29, 0.717) is 32.4 Å². The first-order valence-electron chi connectivity index (χ1n) is 12.3. The zero-order valence-electron chi connectivity index (χ0n) is 19.6. The summed E-state index contributed by atoms with van der Waals surface area (Å²) in [4.78, 5) is 2.28. The summed E-state index contributed by atoms with van der Waals surface area (Å²) in [7, 11) is 4.94. The maximum atomic E-state index is 13.0. The van der Waals surface area contributed by atoms with Gasteiger partial charge < -0.3 is 34.6 Å². The number of nitrogens with zero attached hydrogens (tertiary/aromatic N) is 1. The van der Waals surface area contributed by atoms with Crippen LogP contribution in [0.4, 0.5) is 0 Å². The molecule has 7 bridgehead atoms. The Morgan fingerprint density at radius 1 is 1.12 bits per heavy atom.